The van der Waals surface area contributed by atoms with Crippen molar-refractivity contribution in [1.82, 2.24) is 5.48 Å². The second kappa shape index (κ2) is 4.40. The molecule has 1 aromatic carbocycles. The summed E-state index contributed by atoms with van der Waals surface area (Å²) in [6.45, 7) is 1.67. The van der Waals surface area contributed by atoms with Gasteiger partial charge in [-0.2, -0.15) is 0 Å². The second-order valence-electron chi connectivity index (χ2n) is 3.57. The number of nitrogens with one attached hydrogen (secondary N) is 1. The third-order valence-electron chi connectivity index (χ3n) is 2.25. The van der Waals surface area contributed by atoms with E-state index in [-0.39, 0.29) is 0 Å². The average Bonchev–Trinajstić information content (AvgIpc) is 2.98. The average molecular weight is 177 g/mol. The van der Waals surface area contributed by atoms with Crippen LogP contribution in [0.5, 0.6) is 0 Å². The summed E-state index contributed by atoms with van der Waals surface area (Å²) in [4.78, 5) is 5.32. The van der Waals surface area contributed by atoms with Crippen LogP contribution in [-0.2, 0) is 11.4 Å². The highest BCUT2D eigenvalue weighted by atomic mass is 16.6. The predicted octanol–water partition coefficient (Wildman–Crippen LogP) is 2.12. The molecular formula is C11H15NO. The third kappa shape index (κ3) is 3.17. The Morgan fingerprint density at radius 2 is 2.00 bits per heavy atom. The van der Waals surface area contributed by atoms with E-state index in [2.05, 4.69) is 17.6 Å². The van der Waals surface area contributed by atoms with E-state index in [9.17, 15) is 0 Å². The molecule has 2 rings (SSSR count). The molecule has 0 saturated heterocycles. The third-order valence-corrected chi connectivity index (χ3v) is 2.25. The van der Waals surface area contributed by atoms with Gasteiger partial charge in [-0.25, -0.2) is 5.48 Å². The number of hydrogen-bond donors (Lipinski definition) is 1. The lowest BCUT2D eigenvalue weighted by Crippen LogP contribution is -2.17. The standard InChI is InChI=1S/C11H15NO/c1-2-4-11(5-3-1)9-13-12-8-10-6-7-10/h1-5,10,12H,6-9H2. The maximum atomic E-state index is 5.32. The molecule has 0 spiro atoms. The van der Waals surface area contributed by atoms with Gasteiger partial charge in [0.15, 0.2) is 0 Å². The van der Waals surface area contributed by atoms with Crippen LogP contribution in [0.1, 0.15) is 18.4 Å². The Morgan fingerprint density at radius 3 is 2.69 bits per heavy atom. The van der Waals surface area contributed by atoms with Crippen LogP contribution in [0.3, 0.4) is 0 Å². The first kappa shape index (κ1) is 8.73. The summed E-state index contributed by atoms with van der Waals surface area (Å²) in [6.07, 6.45) is 2.73. The van der Waals surface area contributed by atoms with Crippen LogP contribution >= 0.6 is 0 Å². The van der Waals surface area contributed by atoms with Gasteiger partial charge in [-0.3, -0.25) is 4.84 Å². The normalized spacial score (nSPS) is 16.0. The van der Waals surface area contributed by atoms with Crippen molar-refractivity contribution in [3.05, 3.63) is 35.9 Å². The van der Waals surface area contributed by atoms with Crippen molar-refractivity contribution in [3.63, 3.8) is 0 Å². The predicted molar refractivity (Wildman–Crippen MR) is 52.0 cm³/mol. The summed E-state index contributed by atoms with van der Waals surface area (Å²) in [6, 6.07) is 10.2. The molecule has 0 atom stereocenters. The molecule has 13 heavy (non-hydrogen) atoms. The SMILES string of the molecule is c1ccc(CONCC2CC2)cc1. The summed E-state index contributed by atoms with van der Waals surface area (Å²) in [7, 11) is 0. The van der Waals surface area contributed by atoms with E-state index in [1.807, 2.05) is 18.2 Å². The van der Waals surface area contributed by atoms with Crippen molar-refractivity contribution in [2.45, 2.75) is 19.4 Å². The number of hydroxylamine groups is 1. The fraction of sp³-hybridized carbons (Fsp3) is 0.455. The highest BCUT2D eigenvalue weighted by Gasteiger charge is 2.20. The summed E-state index contributed by atoms with van der Waals surface area (Å²) in [5, 5.41) is 0. The highest BCUT2D eigenvalue weighted by molar-refractivity contribution is 5.13. The summed E-state index contributed by atoms with van der Waals surface area (Å²) in [5.74, 6) is 0.871. The Balaban J connectivity index is 1.61. The fourth-order valence-corrected chi connectivity index (χ4v) is 1.21. The summed E-state index contributed by atoms with van der Waals surface area (Å²) < 4.78 is 0. The lowest BCUT2D eigenvalue weighted by molar-refractivity contribution is 0.0256. The van der Waals surface area contributed by atoms with Crippen LogP contribution in [0.4, 0.5) is 0 Å². The largest absolute Gasteiger partial charge is 0.297 e. The molecule has 1 aliphatic carbocycles. The summed E-state index contributed by atoms with van der Waals surface area (Å²) in [5.41, 5.74) is 4.21. The van der Waals surface area contributed by atoms with E-state index < -0.39 is 0 Å². The topological polar surface area (TPSA) is 21.3 Å². The minimum atomic E-state index is 0.660. The molecule has 0 bridgehead atoms. The van der Waals surface area contributed by atoms with Gasteiger partial charge in [0.2, 0.25) is 0 Å². The fourth-order valence-electron chi connectivity index (χ4n) is 1.21. The van der Waals surface area contributed by atoms with E-state index in [1.165, 1.54) is 18.4 Å². The van der Waals surface area contributed by atoms with Gasteiger partial charge in [0.1, 0.15) is 0 Å². The first-order chi connectivity index (χ1) is 6.45. The van der Waals surface area contributed by atoms with E-state index in [0.717, 1.165) is 12.5 Å². The van der Waals surface area contributed by atoms with Crippen LogP contribution in [0.25, 0.3) is 0 Å². The van der Waals surface area contributed by atoms with Gasteiger partial charge >= 0.3 is 0 Å². The molecule has 0 amide bonds. The first-order valence-electron chi connectivity index (χ1n) is 4.84. The van der Waals surface area contributed by atoms with E-state index in [4.69, 9.17) is 4.84 Å². The molecule has 0 radical (unpaired) electrons. The molecular weight excluding hydrogens is 162 g/mol. The van der Waals surface area contributed by atoms with Gasteiger partial charge in [0, 0.05) is 6.54 Å². The highest BCUT2D eigenvalue weighted by Crippen LogP contribution is 2.27. The van der Waals surface area contributed by atoms with Crippen LogP contribution in [0, 0.1) is 5.92 Å². The molecule has 1 saturated carbocycles. The Bertz CT molecular complexity index is 244. The first-order valence-corrected chi connectivity index (χ1v) is 4.84. The van der Waals surface area contributed by atoms with Crippen molar-refractivity contribution in [2.75, 3.05) is 6.54 Å². The molecule has 70 valence electrons. The minimum absolute atomic E-state index is 0.660. The van der Waals surface area contributed by atoms with Crippen molar-refractivity contribution < 1.29 is 4.84 Å². The molecule has 0 aromatic heterocycles. The van der Waals surface area contributed by atoms with Gasteiger partial charge in [-0.15, -0.1) is 0 Å². The molecule has 0 unspecified atom stereocenters. The smallest absolute Gasteiger partial charge is 0.0933 e. The van der Waals surface area contributed by atoms with Gasteiger partial charge in [0.05, 0.1) is 6.61 Å². The Morgan fingerprint density at radius 1 is 1.23 bits per heavy atom. The monoisotopic (exact) mass is 177 g/mol. The number of rotatable bonds is 5. The van der Waals surface area contributed by atoms with Gasteiger partial charge in [0.25, 0.3) is 0 Å². The van der Waals surface area contributed by atoms with Crippen molar-refractivity contribution in [3.8, 4) is 0 Å². The molecule has 0 heterocycles. The van der Waals surface area contributed by atoms with Crippen molar-refractivity contribution in [1.29, 1.82) is 0 Å². The summed E-state index contributed by atoms with van der Waals surface area (Å²) >= 11 is 0. The molecule has 1 fully saturated rings. The van der Waals surface area contributed by atoms with Crippen molar-refractivity contribution in [2.24, 2.45) is 5.92 Å². The molecule has 2 heteroatoms. The van der Waals surface area contributed by atoms with Crippen molar-refractivity contribution >= 4 is 0 Å². The van der Waals surface area contributed by atoms with Crippen LogP contribution in [0.2, 0.25) is 0 Å². The zero-order chi connectivity index (χ0) is 8.93. The minimum Gasteiger partial charge on any atom is -0.297 e. The van der Waals surface area contributed by atoms with E-state index in [0.29, 0.717) is 6.61 Å². The molecule has 1 aliphatic rings. The maximum Gasteiger partial charge on any atom is 0.0933 e. The van der Waals surface area contributed by atoms with E-state index >= 15 is 0 Å². The lowest BCUT2D eigenvalue weighted by Gasteiger charge is -2.04. The number of hydrogen-bond acceptors (Lipinski definition) is 2. The molecule has 1 aromatic rings. The zero-order valence-electron chi connectivity index (χ0n) is 7.70. The molecule has 2 nitrogen and oxygen atoms in total. The maximum absolute atomic E-state index is 5.32. The van der Waals surface area contributed by atoms with Crippen LogP contribution < -0.4 is 5.48 Å². The Hall–Kier alpha value is -0.860. The second-order valence-corrected chi connectivity index (χ2v) is 3.57. The Kier molecular flexibility index (Phi) is 2.95. The van der Waals surface area contributed by atoms with Gasteiger partial charge in [-0.1, -0.05) is 30.3 Å². The van der Waals surface area contributed by atoms with Crippen LogP contribution in [-0.4, -0.2) is 6.54 Å². The molecule has 0 aliphatic heterocycles. The number of benzene rings is 1. The Labute approximate surface area is 78.9 Å². The van der Waals surface area contributed by atoms with Crippen LogP contribution in [0.15, 0.2) is 30.3 Å². The zero-order valence-corrected chi connectivity index (χ0v) is 7.70. The van der Waals surface area contributed by atoms with Gasteiger partial charge in [-0.05, 0) is 24.3 Å². The quantitative estimate of drug-likeness (QED) is 0.549. The lowest BCUT2D eigenvalue weighted by atomic mass is 10.2. The van der Waals surface area contributed by atoms with Gasteiger partial charge < -0.3 is 0 Å². The van der Waals surface area contributed by atoms with E-state index in [1.54, 1.807) is 0 Å². The molecule has 1 N–H and O–H groups in total.